The van der Waals surface area contributed by atoms with E-state index >= 15 is 0 Å². The number of carbonyl (C=O) groups is 1. The molecule has 0 aliphatic rings. The zero-order valence-corrected chi connectivity index (χ0v) is 10.6. The fourth-order valence-corrected chi connectivity index (χ4v) is 1.76. The Kier molecular flexibility index (Phi) is 4.71. The van der Waals surface area contributed by atoms with E-state index in [1.807, 2.05) is 13.8 Å². The van der Waals surface area contributed by atoms with Crippen molar-refractivity contribution in [3.8, 4) is 6.07 Å². The SMILES string of the molecule is CCCCC(=O)Nc1c(C)cc(C#N)cc1C. The number of aryl methyl sites for hydroxylation is 2. The highest BCUT2D eigenvalue weighted by molar-refractivity contribution is 5.92. The number of nitrogens with one attached hydrogen (secondary N) is 1. The largest absolute Gasteiger partial charge is 0.326 e. The summed E-state index contributed by atoms with van der Waals surface area (Å²) in [6.07, 6.45) is 2.47. The number of nitrogens with zero attached hydrogens (tertiary/aromatic N) is 1. The number of hydrogen-bond acceptors (Lipinski definition) is 2. The van der Waals surface area contributed by atoms with Crippen LogP contribution in [0.25, 0.3) is 0 Å². The minimum Gasteiger partial charge on any atom is -0.326 e. The number of nitriles is 1. The molecule has 0 aromatic heterocycles. The van der Waals surface area contributed by atoms with E-state index in [0.29, 0.717) is 12.0 Å². The van der Waals surface area contributed by atoms with E-state index in [1.54, 1.807) is 12.1 Å². The lowest BCUT2D eigenvalue weighted by molar-refractivity contribution is -0.116. The van der Waals surface area contributed by atoms with Crippen LogP contribution in [0.4, 0.5) is 5.69 Å². The van der Waals surface area contributed by atoms with E-state index in [1.165, 1.54) is 0 Å². The molecule has 0 heterocycles. The molecule has 1 amide bonds. The normalized spacial score (nSPS) is 9.76. The van der Waals surface area contributed by atoms with Gasteiger partial charge < -0.3 is 5.32 Å². The monoisotopic (exact) mass is 230 g/mol. The standard InChI is InChI=1S/C14H18N2O/c1-4-5-6-13(17)16-14-10(2)7-12(9-15)8-11(14)3/h7-8H,4-6H2,1-3H3,(H,16,17). The molecule has 0 saturated carbocycles. The van der Waals surface area contributed by atoms with Crippen molar-refractivity contribution in [1.82, 2.24) is 0 Å². The van der Waals surface area contributed by atoms with Gasteiger partial charge in [-0.1, -0.05) is 13.3 Å². The van der Waals surface area contributed by atoms with Crippen LogP contribution in [0, 0.1) is 25.2 Å². The molecule has 0 atom stereocenters. The Labute approximate surface area is 102 Å². The molecule has 3 heteroatoms. The van der Waals surface area contributed by atoms with E-state index in [0.717, 1.165) is 29.7 Å². The summed E-state index contributed by atoms with van der Waals surface area (Å²) < 4.78 is 0. The molecule has 90 valence electrons. The Morgan fingerprint density at radius 1 is 1.35 bits per heavy atom. The number of amides is 1. The summed E-state index contributed by atoms with van der Waals surface area (Å²) in [6, 6.07) is 5.70. The number of carbonyl (C=O) groups excluding carboxylic acids is 1. The Morgan fingerprint density at radius 3 is 2.41 bits per heavy atom. The summed E-state index contributed by atoms with van der Waals surface area (Å²) in [6.45, 7) is 5.87. The van der Waals surface area contributed by atoms with Gasteiger partial charge in [0.2, 0.25) is 5.91 Å². The molecule has 1 aromatic rings. The van der Waals surface area contributed by atoms with Crippen LogP contribution in [0.2, 0.25) is 0 Å². The number of hydrogen-bond donors (Lipinski definition) is 1. The second kappa shape index (κ2) is 6.05. The zero-order chi connectivity index (χ0) is 12.8. The molecule has 0 aliphatic carbocycles. The van der Waals surface area contributed by atoms with Crippen LogP contribution in [-0.4, -0.2) is 5.91 Å². The van der Waals surface area contributed by atoms with Crippen molar-refractivity contribution in [2.45, 2.75) is 40.0 Å². The van der Waals surface area contributed by atoms with Gasteiger partial charge in [-0.25, -0.2) is 0 Å². The number of benzene rings is 1. The van der Waals surface area contributed by atoms with Gasteiger partial charge in [0.1, 0.15) is 0 Å². The lowest BCUT2D eigenvalue weighted by atomic mass is 10.0. The first-order chi connectivity index (χ1) is 8.08. The molecule has 1 aromatic carbocycles. The number of unbranched alkanes of at least 4 members (excludes halogenated alkanes) is 1. The summed E-state index contributed by atoms with van der Waals surface area (Å²) in [4.78, 5) is 11.7. The lowest BCUT2D eigenvalue weighted by Crippen LogP contribution is -2.13. The third-order valence-corrected chi connectivity index (χ3v) is 2.68. The summed E-state index contributed by atoms with van der Waals surface area (Å²) in [5, 5.41) is 11.8. The topological polar surface area (TPSA) is 52.9 Å². The lowest BCUT2D eigenvalue weighted by Gasteiger charge is -2.11. The summed E-state index contributed by atoms with van der Waals surface area (Å²) >= 11 is 0. The van der Waals surface area contributed by atoms with Crippen molar-refractivity contribution in [2.75, 3.05) is 5.32 Å². The van der Waals surface area contributed by atoms with Crippen LogP contribution in [0.1, 0.15) is 42.9 Å². The second-order valence-corrected chi connectivity index (χ2v) is 4.25. The average molecular weight is 230 g/mol. The van der Waals surface area contributed by atoms with Gasteiger partial charge in [0.25, 0.3) is 0 Å². The smallest absolute Gasteiger partial charge is 0.224 e. The maximum atomic E-state index is 11.7. The fourth-order valence-electron chi connectivity index (χ4n) is 1.76. The first-order valence-electron chi connectivity index (χ1n) is 5.89. The van der Waals surface area contributed by atoms with E-state index in [9.17, 15) is 4.79 Å². The molecular weight excluding hydrogens is 212 g/mol. The highest BCUT2D eigenvalue weighted by Crippen LogP contribution is 2.22. The molecule has 0 spiro atoms. The van der Waals surface area contributed by atoms with E-state index in [4.69, 9.17) is 5.26 Å². The average Bonchev–Trinajstić information content (AvgIpc) is 2.30. The number of rotatable bonds is 4. The molecule has 0 bridgehead atoms. The predicted molar refractivity (Wildman–Crippen MR) is 68.8 cm³/mol. The van der Waals surface area contributed by atoms with Gasteiger partial charge in [-0.3, -0.25) is 4.79 Å². The van der Waals surface area contributed by atoms with Crippen LogP contribution >= 0.6 is 0 Å². The molecule has 3 nitrogen and oxygen atoms in total. The van der Waals surface area contributed by atoms with E-state index in [-0.39, 0.29) is 5.91 Å². The molecule has 1 N–H and O–H groups in total. The molecule has 0 radical (unpaired) electrons. The van der Waals surface area contributed by atoms with Crippen molar-refractivity contribution in [3.05, 3.63) is 28.8 Å². The molecule has 0 fully saturated rings. The molecule has 0 aliphatic heterocycles. The van der Waals surface area contributed by atoms with E-state index < -0.39 is 0 Å². The Morgan fingerprint density at radius 2 is 1.94 bits per heavy atom. The van der Waals surface area contributed by atoms with Crippen LogP contribution in [0.3, 0.4) is 0 Å². The third kappa shape index (κ3) is 3.60. The Bertz CT molecular complexity index is 435. The van der Waals surface area contributed by atoms with Crippen molar-refractivity contribution in [1.29, 1.82) is 5.26 Å². The number of anilines is 1. The first-order valence-corrected chi connectivity index (χ1v) is 5.89. The minimum atomic E-state index is 0.0442. The van der Waals surface area contributed by atoms with Gasteiger partial charge >= 0.3 is 0 Å². The maximum Gasteiger partial charge on any atom is 0.224 e. The van der Waals surface area contributed by atoms with Crippen LogP contribution in [0.5, 0.6) is 0 Å². The Balaban J connectivity index is 2.85. The van der Waals surface area contributed by atoms with Crippen molar-refractivity contribution in [2.24, 2.45) is 0 Å². The quantitative estimate of drug-likeness (QED) is 0.862. The molecule has 17 heavy (non-hydrogen) atoms. The summed E-state index contributed by atoms with van der Waals surface area (Å²) in [5.74, 6) is 0.0442. The zero-order valence-electron chi connectivity index (χ0n) is 10.6. The maximum absolute atomic E-state index is 11.7. The Hall–Kier alpha value is -1.82. The fraction of sp³-hybridized carbons (Fsp3) is 0.429. The molecule has 0 saturated heterocycles. The molecule has 0 unspecified atom stereocenters. The van der Waals surface area contributed by atoms with Crippen molar-refractivity contribution >= 4 is 11.6 Å². The van der Waals surface area contributed by atoms with Gasteiger partial charge in [0.05, 0.1) is 11.6 Å². The summed E-state index contributed by atoms with van der Waals surface area (Å²) in [7, 11) is 0. The van der Waals surface area contributed by atoms with Gasteiger partial charge in [-0.15, -0.1) is 0 Å². The second-order valence-electron chi connectivity index (χ2n) is 4.25. The summed E-state index contributed by atoms with van der Waals surface area (Å²) in [5.41, 5.74) is 3.34. The molecular formula is C14H18N2O. The highest BCUT2D eigenvalue weighted by atomic mass is 16.1. The third-order valence-electron chi connectivity index (χ3n) is 2.68. The van der Waals surface area contributed by atoms with Gasteiger partial charge in [0.15, 0.2) is 0 Å². The molecule has 1 rings (SSSR count). The van der Waals surface area contributed by atoms with Crippen LogP contribution in [-0.2, 0) is 4.79 Å². The highest BCUT2D eigenvalue weighted by Gasteiger charge is 2.08. The van der Waals surface area contributed by atoms with Crippen LogP contribution < -0.4 is 5.32 Å². The first kappa shape index (κ1) is 13.2. The minimum absolute atomic E-state index is 0.0442. The van der Waals surface area contributed by atoms with Gasteiger partial charge in [0, 0.05) is 12.1 Å². The van der Waals surface area contributed by atoms with Gasteiger partial charge in [-0.05, 0) is 43.5 Å². The van der Waals surface area contributed by atoms with Crippen LogP contribution in [0.15, 0.2) is 12.1 Å². The van der Waals surface area contributed by atoms with Crippen molar-refractivity contribution < 1.29 is 4.79 Å². The van der Waals surface area contributed by atoms with Gasteiger partial charge in [-0.2, -0.15) is 5.26 Å². The van der Waals surface area contributed by atoms with Crippen molar-refractivity contribution in [3.63, 3.8) is 0 Å². The van der Waals surface area contributed by atoms with E-state index in [2.05, 4.69) is 18.3 Å². The predicted octanol–water partition coefficient (Wildman–Crippen LogP) is 3.30.